The molecule has 1 aliphatic rings. The number of morpholine rings is 1. The summed E-state index contributed by atoms with van der Waals surface area (Å²) >= 11 is 0. The van der Waals surface area contributed by atoms with Gasteiger partial charge < -0.3 is 9.64 Å². The van der Waals surface area contributed by atoms with Crippen molar-refractivity contribution in [2.24, 2.45) is 0 Å². The van der Waals surface area contributed by atoms with Crippen molar-refractivity contribution < 1.29 is 4.74 Å². The van der Waals surface area contributed by atoms with Crippen LogP contribution in [0.3, 0.4) is 0 Å². The van der Waals surface area contributed by atoms with Crippen LogP contribution < -0.4 is 4.90 Å². The Hall–Kier alpha value is -1.53. The van der Waals surface area contributed by atoms with Crippen molar-refractivity contribution >= 4 is 5.69 Å². The highest BCUT2D eigenvalue weighted by Gasteiger charge is 2.22. The summed E-state index contributed by atoms with van der Waals surface area (Å²) in [7, 11) is 0. The van der Waals surface area contributed by atoms with Crippen molar-refractivity contribution in [3.05, 3.63) is 29.8 Å². The molecule has 0 aliphatic carbocycles. The Morgan fingerprint density at radius 3 is 2.62 bits per heavy atom. The summed E-state index contributed by atoms with van der Waals surface area (Å²) in [6.07, 6.45) is 0.490. The van der Waals surface area contributed by atoms with E-state index in [1.807, 2.05) is 24.3 Å². The molecule has 0 spiro atoms. The van der Waals surface area contributed by atoms with Crippen molar-refractivity contribution in [2.45, 2.75) is 26.1 Å². The third-order valence-corrected chi connectivity index (χ3v) is 2.76. The van der Waals surface area contributed by atoms with E-state index in [2.05, 4.69) is 24.8 Å². The zero-order valence-corrected chi connectivity index (χ0v) is 9.68. The van der Waals surface area contributed by atoms with Crippen LogP contribution in [-0.4, -0.2) is 25.3 Å². The van der Waals surface area contributed by atoms with Crippen LogP contribution in [0.4, 0.5) is 5.69 Å². The minimum Gasteiger partial charge on any atom is -0.372 e. The molecule has 2 atom stereocenters. The van der Waals surface area contributed by atoms with E-state index in [4.69, 9.17) is 10.00 Å². The summed E-state index contributed by atoms with van der Waals surface area (Å²) in [5, 5.41) is 8.87. The standard InChI is InChI=1S/C13H16N2O/c1-10-8-15(9-11(2)16-10)13-5-3-4-12(6-13)7-14/h3-6,10-11H,8-9H2,1-2H3/t10-,11+. The molecule has 0 radical (unpaired) electrons. The van der Waals surface area contributed by atoms with Gasteiger partial charge >= 0.3 is 0 Å². The van der Waals surface area contributed by atoms with Crippen LogP contribution in [0.1, 0.15) is 19.4 Å². The molecule has 0 aromatic heterocycles. The predicted octanol–water partition coefficient (Wildman–Crippen LogP) is 2.17. The second-order valence-electron chi connectivity index (χ2n) is 4.32. The average molecular weight is 216 g/mol. The first kappa shape index (κ1) is 11.0. The molecule has 0 unspecified atom stereocenters. The molecule has 0 bridgehead atoms. The highest BCUT2D eigenvalue weighted by atomic mass is 16.5. The van der Waals surface area contributed by atoms with Crippen molar-refractivity contribution in [3.63, 3.8) is 0 Å². The van der Waals surface area contributed by atoms with Crippen molar-refractivity contribution in [2.75, 3.05) is 18.0 Å². The van der Waals surface area contributed by atoms with Crippen LogP contribution in [0.15, 0.2) is 24.3 Å². The summed E-state index contributed by atoms with van der Waals surface area (Å²) in [6.45, 7) is 5.94. The molecule has 1 fully saturated rings. The summed E-state index contributed by atoms with van der Waals surface area (Å²) < 4.78 is 5.69. The Kier molecular flexibility index (Phi) is 3.12. The minimum atomic E-state index is 0.245. The number of rotatable bonds is 1. The quantitative estimate of drug-likeness (QED) is 0.722. The van der Waals surface area contributed by atoms with Gasteiger partial charge in [-0.1, -0.05) is 6.07 Å². The molecular formula is C13H16N2O. The molecule has 84 valence electrons. The fourth-order valence-corrected chi connectivity index (χ4v) is 2.16. The molecule has 1 saturated heterocycles. The molecular weight excluding hydrogens is 200 g/mol. The lowest BCUT2D eigenvalue weighted by Crippen LogP contribution is -2.45. The maximum Gasteiger partial charge on any atom is 0.0992 e. The van der Waals surface area contributed by atoms with E-state index in [1.54, 1.807) is 0 Å². The lowest BCUT2D eigenvalue weighted by Gasteiger charge is -2.36. The largest absolute Gasteiger partial charge is 0.372 e. The molecule has 3 heteroatoms. The summed E-state index contributed by atoms with van der Waals surface area (Å²) in [5.41, 5.74) is 1.82. The molecule has 1 aliphatic heterocycles. The monoisotopic (exact) mass is 216 g/mol. The fraction of sp³-hybridized carbons (Fsp3) is 0.462. The molecule has 16 heavy (non-hydrogen) atoms. The van der Waals surface area contributed by atoms with E-state index in [1.165, 1.54) is 0 Å². The highest BCUT2D eigenvalue weighted by Crippen LogP contribution is 2.21. The van der Waals surface area contributed by atoms with Gasteiger partial charge in [-0.05, 0) is 32.0 Å². The summed E-state index contributed by atoms with van der Waals surface area (Å²) in [4.78, 5) is 2.28. The second-order valence-corrected chi connectivity index (χ2v) is 4.32. The number of nitriles is 1. The van der Waals surface area contributed by atoms with Crippen molar-refractivity contribution in [1.29, 1.82) is 5.26 Å². The van der Waals surface area contributed by atoms with Crippen molar-refractivity contribution in [1.82, 2.24) is 0 Å². The summed E-state index contributed by atoms with van der Waals surface area (Å²) in [5.74, 6) is 0. The maximum absolute atomic E-state index is 8.87. The number of hydrogen-bond donors (Lipinski definition) is 0. The van der Waals surface area contributed by atoms with Crippen LogP contribution in [-0.2, 0) is 4.74 Å². The fourth-order valence-electron chi connectivity index (χ4n) is 2.16. The first-order chi connectivity index (χ1) is 7.69. The van der Waals surface area contributed by atoms with Gasteiger partial charge in [0.15, 0.2) is 0 Å². The van der Waals surface area contributed by atoms with Gasteiger partial charge in [0.1, 0.15) is 0 Å². The second kappa shape index (κ2) is 4.54. The van der Waals surface area contributed by atoms with Gasteiger partial charge in [-0.15, -0.1) is 0 Å². The zero-order chi connectivity index (χ0) is 11.5. The van der Waals surface area contributed by atoms with E-state index in [0.717, 1.165) is 18.8 Å². The molecule has 0 saturated carbocycles. The topological polar surface area (TPSA) is 36.3 Å². The van der Waals surface area contributed by atoms with Gasteiger partial charge in [0.25, 0.3) is 0 Å². The zero-order valence-electron chi connectivity index (χ0n) is 9.68. The van der Waals surface area contributed by atoms with Gasteiger partial charge in [-0.3, -0.25) is 0 Å². The van der Waals surface area contributed by atoms with Crippen LogP contribution in [0.25, 0.3) is 0 Å². The average Bonchev–Trinajstić information content (AvgIpc) is 2.28. The number of benzene rings is 1. The Morgan fingerprint density at radius 2 is 2.00 bits per heavy atom. The Balaban J connectivity index is 2.20. The molecule has 1 aromatic rings. The smallest absolute Gasteiger partial charge is 0.0992 e. The molecule has 2 rings (SSSR count). The SMILES string of the molecule is C[C@@H]1CN(c2cccc(C#N)c2)C[C@H](C)O1. The molecule has 0 N–H and O–H groups in total. The van der Waals surface area contributed by atoms with E-state index >= 15 is 0 Å². The third kappa shape index (κ3) is 2.34. The lowest BCUT2D eigenvalue weighted by molar-refractivity contribution is -0.00521. The van der Waals surface area contributed by atoms with Crippen LogP contribution in [0.2, 0.25) is 0 Å². The normalized spacial score (nSPS) is 25.2. The highest BCUT2D eigenvalue weighted by molar-refractivity contribution is 5.51. The first-order valence-electron chi connectivity index (χ1n) is 5.59. The number of nitrogens with zero attached hydrogens (tertiary/aromatic N) is 2. The van der Waals surface area contributed by atoms with E-state index in [9.17, 15) is 0 Å². The molecule has 0 amide bonds. The first-order valence-corrected chi connectivity index (χ1v) is 5.59. The van der Waals surface area contributed by atoms with E-state index in [-0.39, 0.29) is 12.2 Å². The Morgan fingerprint density at radius 1 is 1.31 bits per heavy atom. The van der Waals surface area contributed by atoms with Crippen LogP contribution in [0.5, 0.6) is 0 Å². The Labute approximate surface area is 96.2 Å². The molecule has 1 aromatic carbocycles. The van der Waals surface area contributed by atoms with Crippen molar-refractivity contribution in [3.8, 4) is 6.07 Å². The van der Waals surface area contributed by atoms with E-state index in [0.29, 0.717) is 5.56 Å². The number of hydrogen-bond acceptors (Lipinski definition) is 3. The van der Waals surface area contributed by atoms with Gasteiger partial charge in [-0.25, -0.2) is 0 Å². The number of anilines is 1. The number of ether oxygens (including phenoxy) is 1. The van der Waals surface area contributed by atoms with E-state index < -0.39 is 0 Å². The molecule has 3 nitrogen and oxygen atoms in total. The van der Waals surface area contributed by atoms with Gasteiger partial charge in [-0.2, -0.15) is 5.26 Å². The van der Waals surface area contributed by atoms with Gasteiger partial charge in [0.2, 0.25) is 0 Å². The summed E-state index contributed by atoms with van der Waals surface area (Å²) in [6, 6.07) is 9.91. The minimum absolute atomic E-state index is 0.245. The maximum atomic E-state index is 8.87. The van der Waals surface area contributed by atoms with Gasteiger partial charge in [0.05, 0.1) is 23.8 Å². The Bertz CT molecular complexity index is 401. The van der Waals surface area contributed by atoms with Crippen LogP contribution in [0, 0.1) is 11.3 Å². The predicted molar refractivity (Wildman–Crippen MR) is 63.4 cm³/mol. The third-order valence-electron chi connectivity index (χ3n) is 2.76. The lowest BCUT2D eigenvalue weighted by atomic mass is 10.1. The van der Waals surface area contributed by atoms with Gasteiger partial charge in [0, 0.05) is 18.8 Å². The van der Waals surface area contributed by atoms with Crippen LogP contribution >= 0.6 is 0 Å². The molecule has 1 heterocycles.